The van der Waals surface area contributed by atoms with Crippen molar-refractivity contribution in [3.05, 3.63) is 24.0 Å². The average molecular weight is 242 g/mol. The predicted molar refractivity (Wildman–Crippen MR) is 61.5 cm³/mol. The summed E-state index contributed by atoms with van der Waals surface area (Å²) in [5.41, 5.74) is 1.46. The third-order valence-corrected chi connectivity index (χ3v) is 1.90. The zero-order chi connectivity index (χ0) is 12.0. The molecule has 6 heteroatoms. The topological polar surface area (TPSA) is 71.1 Å². The number of carbonyl (C=O) groups is 2. The summed E-state index contributed by atoms with van der Waals surface area (Å²) in [6, 6.07) is 1.17. The minimum absolute atomic E-state index is 0.112. The number of carbonyl (C=O) groups excluding carboxylic acids is 2. The molecule has 0 aliphatic heterocycles. The predicted octanol–water partition coefficient (Wildman–Crippen LogP) is 1.67. The Labute approximate surface area is 98.2 Å². The highest BCUT2D eigenvalue weighted by Crippen LogP contribution is 2.06. The molecular weight excluding hydrogens is 230 g/mol. The molecule has 0 spiro atoms. The second-order valence-electron chi connectivity index (χ2n) is 3.19. The zero-order valence-electron chi connectivity index (χ0n) is 8.79. The summed E-state index contributed by atoms with van der Waals surface area (Å²) < 4.78 is 0. The maximum Gasteiger partial charge on any atom is 0.325 e. The van der Waals surface area contributed by atoms with Crippen LogP contribution < -0.4 is 10.6 Å². The first-order valence-electron chi connectivity index (χ1n) is 4.70. The SMILES string of the molecule is Cc1cncc(NC(=O)NC(=O)CCCl)c1. The van der Waals surface area contributed by atoms with Gasteiger partial charge in [0.15, 0.2) is 0 Å². The van der Waals surface area contributed by atoms with Crippen LogP contribution in [0.3, 0.4) is 0 Å². The number of nitrogens with zero attached hydrogens (tertiary/aromatic N) is 1. The number of alkyl halides is 1. The fourth-order valence-electron chi connectivity index (χ4n) is 1.06. The third kappa shape index (κ3) is 4.27. The Morgan fingerprint density at radius 3 is 2.81 bits per heavy atom. The number of aryl methyl sites for hydroxylation is 1. The number of amides is 3. The highest BCUT2D eigenvalue weighted by Gasteiger charge is 2.06. The van der Waals surface area contributed by atoms with Gasteiger partial charge in [-0.3, -0.25) is 15.1 Å². The number of pyridine rings is 1. The lowest BCUT2D eigenvalue weighted by Crippen LogP contribution is -2.34. The lowest BCUT2D eigenvalue weighted by molar-refractivity contribution is -0.119. The molecule has 1 aromatic heterocycles. The molecule has 3 amide bonds. The Morgan fingerprint density at radius 1 is 1.44 bits per heavy atom. The van der Waals surface area contributed by atoms with E-state index in [1.165, 1.54) is 6.20 Å². The molecule has 0 saturated carbocycles. The van der Waals surface area contributed by atoms with Gasteiger partial charge in [-0.15, -0.1) is 11.6 Å². The van der Waals surface area contributed by atoms with Gasteiger partial charge in [0.2, 0.25) is 5.91 Å². The summed E-state index contributed by atoms with van der Waals surface area (Å²) in [5, 5.41) is 4.64. The summed E-state index contributed by atoms with van der Waals surface area (Å²) in [6.07, 6.45) is 3.28. The van der Waals surface area contributed by atoms with Crippen molar-refractivity contribution in [2.75, 3.05) is 11.2 Å². The van der Waals surface area contributed by atoms with Gasteiger partial charge in [0.1, 0.15) is 0 Å². The van der Waals surface area contributed by atoms with E-state index in [2.05, 4.69) is 15.6 Å². The van der Waals surface area contributed by atoms with Gasteiger partial charge < -0.3 is 5.32 Å². The minimum Gasteiger partial charge on any atom is -0.306 e. The van der Waals surface area contributed by atoms with E-state index in [0.29, 0.717) is 5.69 Å². The highest BCUT2D eigenvalue weighted by molar-refractivity contribution is 6.19. The van der Waals surface area contributed by atoms with Gasteiger partial charge in [0, 0.05) is 18.5 Å². The highest BCUT2D eigenvalue weighted by atomic mass is 35.5. The maximum absolute atomic E-state index is 11.3. The van der Waals surface area contributed by atoms with Crippen molar-refractivity contribution in [1.29, 1.82) is 0 Å². The van der Waals surface area contributed by atoms with E-state index in [9.17, 15) is 9.59 Å². The first-order valence-corrected chi connectivity index (χ1v) is 5.23. The Morgan fingerprint density at radius 2 is 2.19 bits per heavy atom. The smallest absolute Gasteiger partial charge is 0.306 e. The molecule has 86 valence electrons. The van der Waals surface area contributed by atoms with Gasteiger partial charge in [-0.05, 0) is 18.6 Å². The van der Waals surface area contributed by atoms with Crippen LogP contribution in [0, 0.1) is 6.92 Å². The number of halogens is 1. The Kier molecular flexibility index (Phi) is 4.72. The van der Waals surface area contributed by atoms with E-state index in [1.54, 1.807) is 12.3 Å². The molecule has 0 fully saturated rings. The molecule has 0 bridgehead atoms. The van der Waals surface area contributed by atoms with Crippen molar-refractivity contribution in [2.45, 2.75) is 13.3 Å². The summed E-state index contributed by atoms with van der Waals surface area (Å²) in [7, 11) is 0. The number of anilines is 1. The van der Waals surface area contributed by atoms with Crippen LogP contribution in [0.1, 0.15) is 12.0 Å². The van der Waals surface area contributed by atoms with Crippen molar-refractivity contribution in [3.63, 3.8) is 0 Å². The Bertz CT molecular complexity index is 395. The largest absolute Gasteiger partial charge is 0.325 e. The lowest BCUT2D eigenvalue weighted by atomic mass is 10.3. The van der Waals surface area contributed by atoms with Gasteiger partial charge in [-0.25, -0.2) is 4.79 Å². The molecule has 0 aliphatic carbocycles. The van der Waals surface area contributed by atoms with Crippen LogP contribution in [-0.2, 0) is 4.79 Å². The molecule has 0 unspecified atom stereocenters. The monoisotopic (exact) mass is 241 g/mol. The van der Waals surface area contributed by atoms with Gasteiger partial charge in [-0.2, -0.15) is 0 Å². The molecule has 1 aromatic rings. The quantitative estimate of drug-likeness (QED) is 0.791. The first kappa shape index (κ1) is 12.4. The standard InChI is InChI=1S/C10H12ClN3O2/c1-7-4-8(6-12-5-7)13-10(16)14-9(15)2-3-11/h4-6H,2-3H2,1H3,(H2,13,14,15,16). The van der Waals surface area contributed by atoms with Crippen LogP contribution in [0.25, 0.3) is 0 Å². The van der Waals surface area contributed by atoms with Crippen molar-refractivity contribution in [3.8, 4) is 0 Å². The number of imide groups is 1. The summed E-state index contributed by atoms with van der Waals surface area (Å²) in [6.45, 7) is 1.86. The number of rotatable bonds is 3. The number of urea groups is 1. The zero-order valence-corrected chi connectivity index (χ0v) is 9.54. The molecule has 16 heavy (non-hydrogen) atoms. The number of hydrogen-bond donors (Lipinski definition) is 2. The molecule has 1 rings (SSSR count). The number of nitrogens with one attached hydrogen (secondary N) is 2. The van der Waals surface area contributed by atoms with Crippen LogP contribution >= 0.6 is 11.6 Å². The van der Waals surface area contributed by atoms with E-state index in [0.717, 1.165) is 5.56 Å². The molecular formula is C10H12ClN3O2. The summed E-state index contributed by atoms with van der Waals surface area (Å²) in [5.74, 6) is -0.224. The molecule has 0 aromatic carbocycles. The molecule has 1 heterocycles. The molecule has 0 aliphatic rings. The second-order valence-corrected chi connectivity index (χ2v) is 3.57. The fourth-order valence-corrected chi connectivity index (χ4v) is 1.23. The molecule has 5 nitrogen and oxygen atoms in total. The average Bonchev–Trinajstić information content (AvgIpc) is 2.17. The van der Waals surface area contributed by atoms with Crippen molar-refractivity contribution in [1.82, 2.24) is 10.3 Å². The van der Waals surface area contributed by atoms with E-state index >= 15 is 0 Å². The fraction of sp³-hybridized carbons (Fsp3) is 0.300. The van der Waals surface area contributed by atoms with Gasteiger partial charge >= 0.3 is 6.03 Å². The van der Waals surface area contributed by atoms with Crippen molar-refractivity contribution >= 4 is 29.2 Å². The first-order chi connectivity index (χ1) is 7.61. The van der Waals surface area contributed by atoms with Crippen LogP contribution in [-0.4, -0.2) is 22.8 Å². The Hall–Kier alpha value is -1.62. The van der Waals surface area contributed by atoms with E-state index in [-0.39, 0.29) is 12.3 Å². The Balaban J connectivity index is 2.48. The molecule has 0 atom stereocenters. The van der Waals surface area contributed by atoms with Crippen LogP contribution in [0.15, 0.2) is 18.5 Å². The van der Waals surface area contributed by atoms with Crippen molar-refractivity contribution < 1.29 is 9.59 Å². The number of aromatic nitrogens is 1. The molecule has 0 saturated heterocycles. The second kappa shape index (κ2) is 6.07. The number of hydrogen-bond acceptors (Lipinski definition) is 3. The van der Waals surface area contributed by atoms with Gasteiger partial charge in [0.05, 0.1) is 11.9 Å². The molecule has 0 radical (unpaired) electrons. The van der Waals surface area contributed by atoms with Crippen LogP contribution in [0.4, 0.5) is 10.5 Å². The van der Waals surface area contributed by atoms with Crippen LogP contribution in [0.5, 0.6) is 0 Å². The van der Waals surface area contributed by atoms with E-state index in [1.807, 2.05) is 6.92 Å². The normalized spacial score (nSPS) is 9.62. The molecule has 2 N–H and O–H groups in total. The lowest BCUT2D eigenvalue weighted by Gasteiger charge is -2.05. The summed E-state index contributed by atoms with van der Waals surface area (Å²) >= 11 is 5.36. The van der Waals surface area contributed by atoms with Gasteiger partial charge in [0.25, 0.3) is 0 Å². The minimum atomic E-state index is -0.581. The summed E-state index contributed by atoms with van der Waals surface area (Å²) in [4.78, 5) is 26.2. The van der Waals surface area contributed by atoms with E-state index < -0.39 is 11.9 Å². The van der Waals surface area contributed by atoms with E-state index in [4.69, 9.17) is 11.6 Å². The van der Waals surface area contributed by atoms with Gasteiger partial charge in [-0.1, -0.05) is 0 Å². The van der Waals surface area contributed by atoms with Crippen LogP contribution in [0.2, 0.25) is 0 Å². The van der Waals surface area contributed by atoms with Crippen molar-refractivity contribution in [2.24, 2.45) is 0 Å². The third-order valence-electron chi connectivity index (χ3n) is 1.71. The maximum atomic E-state index is 11.3.